The van der Waals surface area contributed by atoms with Crippen molar-refractivity contribution in [2.45, 2.75) is 32.4 Å². The van der Waals surface area contributed by atoms with Crippen LogP contribution >= 0.6 is 15.9 Å². The molecule has 1 heterocycles. The number of hydrogen-bond acceptors (Lipinski definition) is 2. The molecule has 1 fully saturated rings. The quantitative estimate of drug-likeness (QED) is 0.898. The van der Waals surface area contributed by atoms with Gasteiger partial charge in [-0.2, -0.15) is 0 Å². The highest BCUT2D eigenvalue weighted by atomic mass is 79.9. The first-order valence-corrected chi connectivity index (χ1v) is 7.35. The molecule has 0 saturated carbocycles. The van der Waals surface area contributed by atoms with E-state index in [-0.39, 0.29) is 5.82 Å². The van der Waals surface area contributed by atoms with Gasteiger partial charge in [-0.05, 0) is 66.5 Å². The summed E-state index contributed by atoms with van der Waals surface area (Å²) in [6.07, 6.45) is 2.64. The van der Waals surface area contributed by atoms with Crippen molar-refractivity contribution in [3.8, 4) is 0 Å². The van der Waals surface area contributed by atoms with Crippen LogP contribution in [0.1, 0.15) is 25.3 Å². The van der Waals surface area contributed by atoms with Crippen LogP contribution in [0.5, 0.6) is 0 Å². The van der Waals surface area contributed by atoms with Crippen LogP contribution in [-0.2, 0) is 6.54 Å². The average molecular weight is 315 g/mol. The average Bonchev–Trinajstić information content (AvgIpc) is 2.87. The molecular weight excluding hydrogens is 295 g/mol. The SMILES string of the molecule is CC(CNCc1ccc(Br)c(F)c1)N1CCCC1. The third kappa shape index (κ3) is 3.77. The van der Waals surface area contributed by atoms with Crippen molar-refractivity contribution in [3.63, 3.8) is 0 Å². The molecule has 1 saturated heterocycles. The van der Waals surface area contributed by atoms with Gasteiger partial charge >= 0.3 is 0 Å². The smallest absolute Gasteiger partial charge is 0.137 e. The number of nitrogens with one attached hydrogen (secondary N) is 1. The number of halogens is 2. The number of rotatable bonds is 5. The molecule has 1 aromatic carbocycles. The third-order valence-electron chi connectivity index (χ3n) is 3.52. The second-order valence-electron chi connectivity index (χ2n) is 4.97. The summed E-state index contributed by atoms with van der Waals surface area (Å²) in [6.45, 7) is 6.37. The van der Waals surface area contributed by atoms with Crippen LogP contribution in [0.15, 0.2) is 22.7 Å². The predicted molar refractivity (Wildman–Crippen MR) is 76.1 cm³/mol. The molecule has 0 bridgehead atoms. The van der Waals surface area contributed by atoms with Gasteiger partial charge in [-0.25, -0.2) is 4.39 Å². The zero-order valence-corrected chi connectivity index (χ0v) is 12.3. The van der Waals surface area contributed by atoms with E-state index in [1.807, 2.05) is 6.07 Å². The summed E-state index contributed by atoms with van der Waals surface area (Å²) >= 11 is 3.16. The van der Waals surface area contributed by atoms with Gasteiger partial charge in [0.2, 0.25) is 0 Å². The predicted octanol–water partition coefficient (Wildman–Crippen LogP) is 3.16. The van der Waals surface area contributed by atoms with Gasteiger partial charge in [0.25, 0.3) is 0 Å². The van der Waals surface area contributed by atoms with Crippen molar-refractivity contribution >= 4 is 15.9 Å². The Morgan fingerprint density at radius 3 is 2.78 bits per heavy atom. The zero-order valence-electron chi connectivity index (χ0n) is 10.8. The minimum Gasteiger partial charge on any atom is -0.311 e. The van der Waals surface area contributed by atoms with Gasteiger partial charge in [0.1, 0.15) is 5.82 Å². The minimum atomic E-state index is -0.193. The fourth-order valence-corrected chi connectivity index (χ4v) is 2.63. The normalized spacial score (nSPS) is 18.2. The number of likely N-dealkylation sites (tertiary alicyclic amines) is 1. The summed E-state index contributed by atoms with van der Waals surface area (Å²) in [7, 11) is 0. The van der Waals surface area contributed by atoms with Gasteiger partial charge in [-0.3, -0.25) is 4.90 Å². The molecule has 0 amide bonds. The molecule has 0 aliphatic carbocycles. The van der Waals surface area contributed by atoms with E-state index in [4.69, 9.17) is 0 Å². The summed E-state index contributed by atoms with van der Waals surface area (Å²) in [6, 6.07) is 5.85. The maximum Gasteiger partial charge on any atom is 0.137 e. The van der Waals surface area contributed by atoms with E-state index in [0.29, 0.717) is 10.5 Å². The van der Waals surface area contributed by atoms with Gasteiger partial charge in [0.05, 0.1) is 4.47 Å². The van der Waals surface area contributed by atoms with Crippen molar-refractivity contribution in [3.05, 3.63) is 34.1 Å². The van der Waals surface area contributed by atoms with Gasteiger partial charge in [-0.1, -0.05) is 6.07 Å². The maximum atomic E-state index is 13.3. The second-order valence-corrected chi connectivity index (χ2v) is 5.83. The summed E-state index contributed by atoms with van der Waals surface area (Å²) < 4.78 is 13.9. The summed E-state index contributed by atoms with van der Waals surface area (Å²) in [5.74, 6) is -0.193. The molecule has 2 nitrogen and oxygen atoms in total. The lowest BCUT2D eigenvalue weighted by Gasteiger charge is -2.24. The van der Waals surface area contributed by atoms with Crippen LogP contribution < -0.4 is 5.32 Å². The van der Waals surface area contributed by atoms with Crippen LogP contribution in [0.25, 0.3) is 0 Å². The van der Waals surface area contributed by atoms with Crippen LogP contribution in [0.2, 0.25) is 0 Å². The first-order valence-electron chi connectivity index (χ1n) is 6.55. The number of benzene rings is 1. The highest BCUT2D eigenvalue weighted by molar-refractivity contribution is 9.10. The number of hydrogen-bond donors (Lipinski definition) is 1. The van der Waals surface area contributed by atoms with E-state index in [9.17, 15) is 4.39 Å². The van der Waals surface area contributed by atoms with E-state index in [1.165, 1.54) is 25.9 Å². The highest BCUT2D eigenvalue weighted by Gasteiger charge is 2.17. The Balaban J connectivity index is 1.75. The standard InChI is InChI=1S/C14H20BrFN2/c1-11(18-6-2-3-7-18)9-17-10-12-4-5-13(15)14(16)8-12/h4-5,8,11,17H,2-3,6-7,9-10H2,1H3. The Morgan fingerprint density at radius 2 is 2.11 bits per heavy atom. The molecule has 1 atom stereocenters. The number of nitrogens with zero attached hydrogens (tertiary/aromatic N) is 1. The Kier molecular flexibility index (Phi) is 5.15. The van der Waals surface area contributed by atoms with Crippen LogP contribution in [-0.4, -0.2) is 30.6 Å². The zero-order chi connectivity index (χ0) is 13.0. The summed E-state index contributed by atoms with van der Waals surface area (Å²) in [5, 5.41) is 3.40. The molecule has 100 valence electrons. The van der Waals surface area contributed by atoms with Crippen molar-refractivity contribution in [1.82, 2.24) is 10.2 Å². The van der Waals surface area contributed by atoms with E-state index < -0.39 is 0 Å². The highest BCUT2D eigenvalue weighted by Crippen LogP contribution is 2.16. The van der Waals surface area contributed by atoms with Crippen molar-refractivity contribution in [1.29, 1.82) is 0 Å². The first kappa shape index (κ1) is 14.0. The Morgan fingerprint density at radius 1 is 1.39 bits per heavy atom. The Hall–Kier alpha value is -0.450. The monoisotopic (exact) mass is 314 g/mol. The van der Waals surface area contributed by atoms with Gasteiger partial charge in [-0.15, -0.1) is 0 Å². The molecule has 0 spiro atoms. The molecule has 0 radical (unpaired) electrons. The van der Waals surface area contributed by atoms with Crippen molar-refractivity contribution in [2.24, 2.45) is 0 Å². The molecule has 1 N–H and O–H groups in total. The molecular formula is C14H20BrFN2. The van der Waals surface area contributed by atoms with E-state index in [0.717, 1.165) is 18.7 Å². The van der Waals surface area contributed by atoms with E-state index in [2.05, 4.69) is 33.1 Å². The van der Waals surface area contributed by atoms with Crippen molar-refractivity contribution in [2.75, 3.05) is 19.6 Å². The Labute approximate surface area is 117 Å². The summed E-state index contributed by atoms with van der Waals surface area (Å²) in [5.41, 5.74) is 0.990. The van der Waals surface area contributed by atoms with Gasteiger partial charge in [0.15, 0.2) is 0 Å². The minimum absolute atomic E-state index is 0.193. The van der Waals surface area contributed by atoms with Crippen molar-refractivity contribution < 1.29 is 4.39 Å². The maximum absolute atomic E-state index is 13.3. The lowest BCUT2D eigenvalue weighted by atomic mass is 10.2. The van der Waals surface area contributed by atoms with Gasteiger partial charge in [0, 0.05) is 19.1 Å². The summed E-state index contributed by atoms with van der Waals surface area (Å²) in [4.78, 5) is 2.51. The van der Waals surface area contributed by atoms with Crippen LogP contribution in [0.3, 0.4) is 0 Å². The van der Waals surface area contributed by atoms with Crippen LogP contribution in [0.4, 0.5) is 4.39 Å². The fraction of sp³-hybridized carbons (Fsp3) is 0.571. The van der Waals surface area contributed by atoms with Gasteiger partial charge < -0.3 is 5.32 Å². The fourth-order valence-electron chi connectivity index (χ4n) is 2.39. The molecule has 2 rings (SSSR count). The molecule has 1 aliphatic rings. The third-order valence-corrected chi connectivity index (χ3v) is 4.16. The lowest BCUT2D eigenvalue weighted by Crippen LogP contribution is -2.38. The van der Waals surface area contributed by atoms with E-state index in [1.54, 1.807) is 12.1 Å². The lowest BCUT2D eigenvalue weighted by molar-refractivity contribution is 0.251. The topological polar surface area (TPSA) is 15.3 Å². The largest absolute Gasteiger partial charge is 0.311 e. The van der Waals surface area contributed by atoms with E-state index >= 15 is 0 Å². The molecule has 1 aliphatic heterocycles. The Bertz CT molecular complexity index is 391. The molecule has 18 heavy (non-hydrogen) atoms. The molecule has 4 heteroatoms. The molecule has 1 unspecified atom stereocenters. The molecule has 0 aromatic heterocycles. The second kappa shape index (κ2) is 6.64. The first-order chi connectivity index (χ1) is 8.66. The molecule has 1 aromatic rings. The van der Waals surface area contributed by atoms with Crippen LogP contribution in [0, 0.1) is 5.82 Å².